The maximum absolute atomic E-state index is 11.3. The number of rotatable bonds is 1. The van der Waals surface area contributed by atoms with Crippen LogP contribution in [0.15, 0.2) is 12.2 Å². The molecule has 0 aromatic heterocycles. The highest BCUT2D eigenvalue weighted by Gasteiger charge is 2.49. The largest absolute Gasteiger partial charge is 0.458 e. The van der Waals surface area contributed by atoms with Crippen LogP contribution in [0, 0.1) is 11.8 Å². The van der Waals surface area contributed by atoms with Gasteiger partial charge in [-0.2, -0.15) is 0 Å². The Morgan fingerprint density at radius 1 is 1.53 bits per heavy atom. The Bertz CT molecular complexity index is 295. The smallest absolute Gasteiger partial charge is 0.306 e. The van der Waals surface area contributed by atoms with Gasteiger partial charge in [0.1, 0.15) is 5.60 Å². The summed E-state index contributed by atoms with van der Waals surface area (Å²) in [7, 11) is 0. The minimum Gasteiger partial charge on any atom is -0.458 e. The fourth-order valence-corrected chi connectivity index (χ4v) is 3.28. The molecule has 2 fully saturated rings. The molecule has 2 nitrogen and oxygen atoms in total. The van der Waals surface area contributed by atoms with E-state index in [1.165, 1.54) is 12.0 Å². The molecule has 3 unspecified atom stereocenters. The van der Waals surface area contributed by atoms with Crippen molar-refractivity contribution in [3.8, 4) is 0 Å². The molecule has 1 heterocycles. The molecule has 2 aliphatic rings. The summed E-state index contributed by atoms with van der Waals surface area (Å²) in [4.78, 5) is 11.3. The zero-order chi connectivity index (χ0) is 11.1. The van der Waals surface area contributed by atoms with Crippen molar-refractivity contribution in [1.82, 2.24) is 0 Å². The molecule has 0 aromatic rings. The summed E-state index contributed by atoms with van der Waals surface area (Å²) < 4.78 is 5.63. The molecular weight excluding hydrogens is 188 g/mol. The fourth-order valence-electron chi connectivity index (χ4n) is 3.28. The van der Waals surface area contributed by atoms with Crippen molar-refractivity contribution >= 4 is 5.97 Å². The van der Waals surface area contributed by atoms with Crippen molar-refractivity contribution in [3.63, 3.8) is 0 Å². The first-order valence-electron chi connectivity index (χ1n) is 5.91. The highest BCUT2D eigenvalue weighted by atomic mass is 16.6. The molecule has 15 heavy (non-hydrogen) atoms. The molecule has 0 bridgehead atoms. The van der Waals surface area contributed by atoms with Gasteiger partial charge in [0.15, 0.2) is 0 Å². The van der Waals surface area contributed by atoms with Crippen LogP contribution in [0.4, 0.5) is 0 Å². The van der Waals surface area contributed by atoms with Crippen LogP contribution in [0.2, 0.25) is 0 Å². The van der Waals surface area contributed by atoms with Crippen LogP contribution in [0.3, 0.4) is 0 Å². The fraction of sp³-hybridized carbons (Fsp3) is 0.769. The SMILES string of the molecule is C=C(C)C1CCC(C)CC12CCC(=O)O2. The van der Waals surface area contributed by atoms with E-state index in [0.717, 1.165) is 19.3 Å². The Hall–Kier alpha value is -0.790. The van der Waals surface area contributed by atoms with E-state index in [9.17, 15) is 4.79 Å². The monoisotopic (exact) mass is 208 g/mol. The van der Waals surface area contributed by atoms with Crippen molar-refractivity contribution in [3.05, 3.63) is 12.2 Å². The van der Waals surface area contributed by atoms with E-state index < -0.39 is 0 Å². The van der Waals surface area contributed by atoms with Crippen LogP contribution in [0.25, 0.3) is 0 Å². The van der Waals surface area contributed by atoms with E-state index in [-0.39, 0.29) is 11.6 Å². The summed E-state index contributed by atoms with van der Waals surface area (Å²) in [5.74, 6) is 1.04. The summed E-state index contributed by atoms with van der Waals surface area (Å²) in [6.07, 6.45) is 4.88. The molecule has 0 amide bonds. The van der Waals surface area contributed by atoms with Crippen LogP contribution in [-0.2, 0) is 9.53 Å². The van der Waals surface area contributed by atoms with Gasteiger partial charge in [-0.25, -0.2) is 0 Å². The number of hydrogen-bond donors (Lipinski definition) is 0. The van der Waals surface area contributed by atoms with Crippen LogP contribution in [0.1, 0.15) is 46.0 Å². The van der Waals surface area contributed by atoms with Gasteiger partial charge in [-0.05, 0) is 38.5 Å². The number of carbonyl (C=O) groups is 1. The van der Waals surface area contributed by atoms with Crippen LogP contribution >= 0.6 is 0 Å². The van der Waals surface area contributed by atoms with E-state index in [0.29, 0.717) is 18.3 Å². The third kappa shape index (κ3) is 1.82. The van der Waals surface area contributed by atoms with Crippen molar-refractivity contribution in [2.75, 3.05) is 0 Å². The van der Waals surface area contributed by atoms with Gasteiger partial charge in [0.05, 0.1) is 0 Å². The molecule has 1 saturated carbocycles. The first-order valence-corrected chi connectivity index (χ1v) is 5.91. The zero-order valence-electron chi connectivity index (χ0n) is 9.71. The predicted octanol–water partition coefficient (Wildman–Crippen LogP) is 3.07. The molecule has 84 valence electrons. The maximum atomic E-state index is 11.3. The van der Waals surface area contributed by atoms with Gasteiger partial charge in [0, 0.05) is 12.3 Å². The second-order valence-electron chi connectivity index (χ2n) is 5.32. The Labute approximate surface area is 91.7 Å². The van der Waals surface area contributed by atoms with Crippen molar-refractivity contribution < 1.29 is 9.53 Å². The molecule has 1 spiro atoms. The highest BCUT2D eigenvalue weighted by Crippen LogP contribution is 2.48. The summed E-state index contributed by atoms with van der Waals surface area (Å²) >= 11 is 0. The molecular formula is C13H20O2. The van der Waals surface area contributed by atoms with Gasteiger partial charge in [-0.1, -0.05) is 19.1 Å². The lowest BCUT2D eigenvalue weighted by atomic mass is 9.68. The Morgan fingerprint density at radius 3 is 2.80 bits per heavy atom. The minimum absolute atomic E-state index is 0.0182. The van der Waals surface area contributed by atoms with E-state index in [2.05, 4.69) is 20.4 Å². The van der Waals surface area contributed by atoms with Crippen LogP contribution in [-0.4, -0.2) is 11.6 Å². The molecule has 0 N–H and O–H groups in total. The van der Waals surface area contributed by atoms with Gasteiger partial charge < -0.3 is 4.74 Å². The summed E-state index contributed by atoms with van der Waals surface area (Å²) in [6, 6.07) is 0. The molecule has 2 rings (SSSR count). The summed E-state index contributed by atoms with van der Waals surface area (Å²) in [5.41, 5.74) is 0.984. The average Bonchev–Trinajstić information content (AvgIpc) is 2.47. The van der Waals surface area contributed by atoms with Gasteiger partial charge in [0.2, 0.25) is 0 Å². The third-order valence-electron chi connectivity index (χ3n) is 3.94. The Morgan fingerprint density at radius 2 is 2.27 bits per heavy atom. The second-order valence-corrected chi connectivity index (χ2v) is 5.32. The Kier molecular flexibility index (Phi) is 2.61. The van der Waals surface area contributed by atoms with Gasteiger partial charge >= 0.3 is 5.97 Å². The topological polar surface area (TPSA) is 26.3 Å². The number of carbonyl (C=O) groups excluding carboxylic acids is 1. The number of ether oxygens (including phenoxy) is 1. The standard InChI is InChI=1S/C13H20O2/c1-9(2)11-5-4-10(3)8-13(11)7-6-12(14)15-13/h10-11H,1,4-8H2,2-3H3. The lowest BCUT2D eigenvalue weighted by Gasteiger charge is -2.42. The van der Waals surface area contributed by atoms with Gasteiger partial charge in [-0.15, -0.1) is 0 Å². The summed E-state index contributed by atoms with van der Waals surface area (Å²) in [5, 5.41) is 0. The van der Waals surface area contributed by atoms with Gasteiger partial charge in [0.25, 0.3) is 0 Å². The molecule has 1 aliphatic carbocycles. The third-order valence-corrected chi connectivity index (χ3v) is 3.94. The van der Waals surface area contributed by atoms with Gasteiger partial charge in [-0.3, -0.25) is 4.79 Å². The molecule has 3 atom stereocenters. The van der Waals surface area contributed by atoms with E-state index >= 15 is 0 Å². The van der Waals surface area contributed by atoms with E-state index in [4.69, 9.17) is 4.74 Å². The lowest BCUT2D eigenvalue weighted by Crippen LogP contribution is -2.43. The normalized spacial score (nSPS) is 40.5. The maximum Gasteiger partial charge on any atom is 0.306 e. The quantitative estimate of drug-likeness (QED) is 0.489. The zero-order valence-corrected chi connectivity index (χ0v) is 9.71. The molecule has 0 radical (unpaired) electrons. The average molecular weight is 208 g/mol. The van der Waals surface area contributed by atoms with Crippen molar-refractivity contribution in [1.29, 1.82) is 0 Å². The van der Waals surface area contributed by atoms with Crippen LogP contribution in [0.5, 0.6) is 0 Å². The summed E-state index contributed by atoms with van der Waals surface area (Å²) in [6.45, 7) is 8.37. The Balaban J connectivity index is 2.23. The minimum atomic E-state index is -0.194. The molecule has 0 aromatic carbocycles. The molecule has 2 heteroatoms. The number of hydrogen-bond acceptors (Lipinski definition) is 2. The second kappa shape index (κ2) is 3.66. The number of esters is 1. The van der Waals surface area contributed by atoms with Crippen LogP contribution < -0.4 is 0 Å². The molecule has 1 saturated heterocycles. The van der Waals surface area contributed by atoms with Crippen molar-refractivity contribution in [2.24, 2.45) is 11.8 Å². The molecule has 1 aliphatic heterocycles. The lowest BCUT2D eigenvalue weighted by molar-refractivity contribution is -0.156. The first-order chi connectivity index (χ1) is 7.03. The first kappa shape index (κ1) is 10.7. The van der Waals surface area contributed by atoms with Crippen molar-refractivity contribution in [2.45, 2.75) is 51.6 Å². The predicted molar refractivity (Wildman–Crippen MR) is 59.4 cm³/mol. The highest BCUT2D eigenvalue weighted by molar-refractivity contribution is 5.72. The van der Waals surface area contributed by atoms with E-state index in [1.54, 1.807) is 0 Å². The van der Waals surface area contributed by atoms with E-state index in [1.807, 2.05) is 0 Å².